The van der Waals surface area contributed by atoms with E-state index in [1.807, 2.05) is 0 Å². The molecular weight excluding hydrogens is 769 g/mol. The fourth-order valence-electron chi connectivity index (χ4n) is 5.39. The zero-order valence-corrected chi connectivity index (χ0v) is 27.8. The number of carbonyl (C=O) groups is 2. The minimum atomic E-state index is -5.08. The molecule has 0 spiro atoms. The number of fused-ring (bicyclic) bond motifs is 4. The van der Waals surface area contributed by atoms with Crippen LogP contribution in [0.25, 0.3) is 28.2 Å². The van der Waals surface area contributed by atoms with Gasteiger partial charge in [-0.2, -0.15) is 40.2 Å². The normalized spacial score (nSPS) is 16.4. The van der Waals surface area contributed by atoms with Gasteiger partial charge in [-0.1, -0.05) is 30.2 Å². The van der Waals surface area contributed by atoms with Crippen molar-refractivity contribution in [1.29, 1.82) is 0 Å². The maximum absolute atomic E-state index is 15.2. The number of alkyl halides is 8. The van der Waals surface area contributed by atoms with E-state index in [-0.39, 0.29) is 39.6 Å². The maximum Gasteiger partial charge on any atom is 0.490 e. The number of carbonyl (C=O) groups excluding carboxylic acids is 1. The molecule has 0 saturated heterocycles. The molecule has 0 fully saturated rings. The molecular formula is C31H23ClF9N9O4. The Morgan fingerprint density at radius 2 is 1.76 bits per heavy atom. The second-order valence-electron chi connectivity index (χ2n) is 11.6. The van der Waals surface area contributed by atoms with Crippen LogP contribution in [-0.4, -0.2) is 62.5 Å². The number of aliphatic carboxylic acids is 1. The number of pyridine rings is 1. The number of nitrogens with one attached hydrogen (secondary N) is 1. The van der Waals surface area contributed by atoms with Crippen molar-refractivity contribution in [3.63, 3.8) is 0 Å². The number of carboxylic acid groups (broad SMARTS) is 1. The van der Waals surface area contributed by atoms with Crippen molar-refractivity contribution in [2.45, 2.75) is 51.1 Å². The Morgan fingerprint density at radius 3 is 2.37 bits per heavy atom. The molecule has 54 heavy (non-hydrogen) atoms. The first-order chi connectivity index (χ1) is 25.3. The number of rotatable bonds is 4. The number of anilines is 1. The summed E-state index contributed by atoms with van der Waals surface area (Å²) >= 11 is 6.07. The summed E-state index contributed by atoms with van der Waals surface area (Å²) in [6.07, 6.45) is -4.65. The topological polar surface area (TPSA) is 163 Å². The Kier molecular flexibility index (Phi) is 11.2. The predicted molar refractivity (Wildman–Crippen MR) is 169 cm³/mol. The lowest BCUT2D eigenvalue weighted by Gasteiger charge is -2.22. The van der Waals surface area contributed by atoms with Gasteiger partial charge in [0.2, 0.25) is 5.91 Å². The van der Waals surface area contributed by atoms with E-state index < -0.39 is 65.5 Å². The van der Waals surface area contributed by atoms with Gasteiger partial charge >= 0.3 is 24.9 Å². The Bertz CT molecular complexity index is 2250. The maximum atomic E-state index is 15.2. The number of halogens is 10. The largest absolute Gasteiger partial charge is 0.490 e. The molecule has 2 atom stereocenters. The van der Waals surface area contributed by atoms with Crippen LogP contribution >= 0.6 is 11.6 Å². The lowest BCUT2D eigenvalue weighted by atomic mass is 9.97. The molecule has 1 amide bonds. The molecule has 0 unspecified atom stereocenters. The van der Waals surface area contributed by atoms with Gasteiger partial charge in [0, 0.05) is 34.3 Å². The van der Waals surface area contributed by atoms with Gasteiger partial charge in [-0.05, 0) is 37.1 Å². The van der Waals surface area contributed by atoms with Gasteiger partial charge in [0.25, 0.3) is 5.56 Å². The number of hydrogen-bond acceptors (Lipinski definition) is 8. The summed E-state index contributed by atoms with van der Waals surface area (Å²) in [6.45, 7) is -1.34. The SMILES string of the molecule is C[C@@H]1CCC[C@H](n2cnc(-c3cc(Cl)cc(F)c3-n3cc(C(F)(F)F)nn3)cc2=O)c2cc(ccn2)-c2c(cnn2C(F)F)NC1=O.O=C(O)C(F)(F)F. The lowest BCUT2D eigenvalue weighted by Crippen LogP contribution is -2.27. The third-order valence-corrected chi connectivity index (χ3v) is 8.15. The number of carboxylic acids is 1. The Hall–Kier alpha value is -5.80. The van der Waals surface area contributed by atoms with E-state index in [4.69, 9.17) is 21.5 Å². The Labute approximate surface area is 301 Å². The van der Waals surface area contributed by atoms with Crippen LogP contribution in [0.4, 0.5) is 45.2 Å². The van der Waals surface area contributed by atoms with E-state index in [0.717, 1.165) is 18.3 Å². The first kappa shape index (κ1) is 39.4. The molecule has 5 heterocycles. The van der Waals surface area contributed by atoms with E-state index in [9.17, 15) is 44.7 Å². The molecule has 0 saturated carbocycles. The fourth-order valence-corrected chi connectivity index (χ4v) is 5.59. The Balaban J connectivity index is 0.000000730. The highest BCUT2D eigenvalue weighted by Crippen LogP contribution is 2.36. The highest BCUT2D eigenvalue weighted by atomic mass is 35.5. The standard InChI is InChI=1S/C29H22ClF6N9O2.C2HF3O2/c1-14-3-2-4-22(20-7-15(5-6-37-20)25-21(40-27(14)47)11-39-45(25)28(32)33)43-13-38-19(10-24(43)46)17-8-16(30)9-18(31)26(17)44-12-23(41-42-44)29(34,35)36;3-2(4,5)1(6)7/h5-14,22,28H,2-4H2,1H3,(H,40,47);(H,6,7)/t14-,22+;/m1./s1. The van der Waals surface area contributed by atoms with Crippen molar-refractivity contribution in [3.05, 3.63) is 87.8 Å². The molecule has 2 N–H and O–H groups in total. The van der Waals surface area contributed by atoms with E-state index >= 15 is 4.39 Å². The molecule has 13 nitrogen and oxygen atoms in total. The van der Waals surface area contributed by atoms with Crippen molar-refractivity contribution in [1.82, 2.24) is 39.3 Å². The molecule has 1 aromatic carbocycles. The number of benzene rings is 1. The van der Waals surface area contributed by atoms with Gasteiger partial charge in [0.05, 0.1) is 47.5 Å². The summed E-state index contributed by atoms with van der Waals surface area (Å²) in [5.41, 5.74) is -2.14. The molecule has 5 aromatic rings. The molecule has 1 aliphatic heterocycles. The minimum absolute atomic E-state index is 0.0540. The van der Waals surface area contributed by atoms with Crippen LogP contribution in [0.5, 0.6) is 0 Å². The molecule has 286 valence electrons. The molecule has 1 aliphatic rings. The smallest absolute Gasteiger partial charge is 0.475 e. The average molecular weight is 792 g/mol. The molecule has 6 rings (SSSR count). The van der Waals surface area contributed by atoms with Gasteiger partial charge in [0.1, 0.15) is 5.69 Å². The number of nitrogens with zero attached hydrogens (tertiary/aromatic N) is 8. The summed E-state index contributed by atoms with van der Waals surface area (Å²) in [7, 11) is 0. The summed E-state index contributed by atoms with van der Waals surface area (Å²) in [5, 5.41) is 19.9. The number of amides is 1. The highest BCUT2D eigenvalue weighted by molar-refractivity contribution is 6.31. The number of aromatic nitrogens is 8. The number of hydrogen-bond donors (Lipinski definition) is 2. The second kappa shape index (κ2) is 15.3. The summed E-state index contributed by atoms with van der Waals surface area (Å²) in [5.74, 6) is -4.72. The van der Waals surface area contributed by atoms with Crippen molar-refractivity contribution < 1.29 is 54.2 Å². The van der Waals surface area contributed by atoms with Crippen molar-refractivity contribution in [3.8, 4) is 28.2 Å². The third kappa shape index (κ3) is 8.53. The fraction of sp³-hybridized carbons (Fsp3) is 0.290. The molecule has 2 bridgehead atoms. The zero-order valence-electron chi connectivity index (χ0n) is 27.1. The van der Waals surface area contributed by atoms with Gasteiger partial charge in [0.15, 0.2) is 11.5 Å². The second-order valence-corrected chi connectivity index (χ2v) is 12.0. The monoisotopic (exact) mass is 791 g/mol. The minimum Gasteiger partial charge on any atom is -0.475 e. The first-order valence-corrected chi connectivity index (χ1v) is 15.6. The van der Waals surface area contributed by atoms with Gasteiger partial charge in [-0.15, -0.1) is 5.10 Å². The van der Waals surface area contributed by atoms with Crippen LogP contribution in [0.2, 0.25) is 5.02 Å². The Morgan fingerprint density at radius 1 is 1.06 bits per heavy atom. The van der Waals surface area contributed by atoms with Gasteiger partial charge in [-0.3, -0.25) is 19.1 Å². The van der Waals surface area contributed by atoms with Gasteiger partial charge < -0.3 is 10.4 Å². The quantitative estimate of drug-likeness (QED) is 0.184. The summed E-state index contributed by atoms with van der Waals surface area (Å²) in [6, 6.07) is 5.33. The van der Waals surface area contributed by atoms with Crippen molar-refractivity contribution in [2.75, 3.05) is 5.32 Å². The van der Waals surface area contributed by atoms with E-state index in [1.165, 1.54) is 35.3 Å². The summed E-state index contributed by atoms with van der Waals surface area (Å²) in [4.78, 5) is 44.2. The first-order valence-electron chi connectivity index (χ1n) is 15.3. The molecule has 4 aromatic heterocycles. The predicted octanol–water partition coefficient (Wildman–Crippen LogP) is 6.94. The van der Waals surface area contributed by atoms with E-state index in [1.54, 1.807) is 6.92 Å². The van der Waals surface area contributed by atoms with Crippen molar-refractivity contribution >= 4 is 29.2 Å². The average Bonchev–Trinajstić information content (AvgIpc) is 3.74. The van der Waals surface area contributed by atoms with Crippen LogP contribution in [0, 0.1) is 11.7 Å². The van der Waals surface area contributed by atoms with Crippen LogP contribution in [0.3, 0.4) is 0 Å². The summed E-state index contributed by atoms with van der Waals surface area (Å²) < 4.78 is 117. The zero-order chi connectivity index (χ0) is 39.7. The van der Waals surface area contributed by atoms with Gasteiger partial charge in [-0.25, -0.2) is 23.5 Å². The van der Waals surface area contributed by atoms with E-state index in [2.05, 4.69) is 30.7 Å². The van der Waals surface area contributed by atoms with E-state index in [0.29, 0.717) is 34.1 Å². The van der Waals surface area contributed by atoms with Crippen LogP contribution < -0.4 is 10.9 Å². The third-order valence-electron chi connectivity index (χ3n) is 7.93. The highest BCUT2D eigenvalue weighted by Gasteiger charge is 2.38. The van der Waals surface area contributed by atoms with Crippen LogP contribution in [0.1, 0.15) is 50.2 Å². The molecule has 23 heteroatoms. The molecule has 0 aliphatic carbocycles. The lowest BCUT2D eigenvalue weighted by molar-refractivity contribution is -0.192. The van der Waals surface area contributed by atoms with Crippen molar-refractivity contribution in [2.24, 2.45) is 5.92 Å². The van der Waals surface area contributed by atoms with Crippen LogP contribution in [0.15, 0.2) is 60.0 Å². The van der Waals surface area contributed by atoms with Crippen LogP contribution in [-0.2, 0) is 15.8 Å². The molecule has 0 radical (unpaired) electrons.